The van der Waals surface area contributed by atoms with Crippen LogP contribution in [0, 0.1) is 0 Å². The van der Waals surface area contributed by atoms with Crippen molar-refractivity contribution in [2.45, 2.75) is 0 Å². The molecule has 0 saturated heterocycles. The van der Waals surface area contributed by atoms with Crippen LogP contribution in [0.15, 0.2) is 5.16 Å². The van der Waals surface area contributed by atoms with E-state index >= 15 is 0 Å². The number of rotatable bonds is 2. The first-order chi connectivity index (χ1) is 4.09. The summed E-state index contributed by atoms with van der Waals surface area (Å²) in [6, 6.07) is 0. The second kappa shape index (κ2) is 4.98. The van der Waals surface area contributed by atoms with E-state index < -0.39 is 17.7 Å². The zero-order valence-electron chi connectivity index (χ0n) is 4.33. The zero-order valence-corrected chi connectivity index (χ0v) is 5.81. The van der Waals surface area contributed by atoms with Gasteiger partial charge < -0.3 is 25.0 Å². The maximum atomic E-state index is 9.55. The zero-order chi connectivity index (χ0) is 7.44. The number of carboxylic acids is 2. The van der Waals surface area contributed by atoms with Crippen molar-refractivity contribution in [3.05, 3.63) is 0 Å². The molecule has 1 N–H and O–H groups in total. The molecular formula is C3HAgNO5. The van der Waals surface area contributed by atoms with Gasteiger partial charge in [0.05, 0.1) is 11.9 Å². The summed E-state index contributed by atoms with van der Waals surface area (Å²) in [6.07, 6.45) is 0. The van der Waals surface area contributed by atoms with Crippen LogP contribution in [0.2, 0.25) is 0 Å². The van der Waals surface area contributed by atoms with E-state index in [0.717, 1.165) is 0 Å². The van der Waals surface area contributed by atoms with Crippen LogP contribution in [0.1, 0.15) is 0 Å². The predicted molar refractivity (Wildman–Crippen MR) is 19.2 cm³/mol. The van der Waals surface area contributed by atoms with Crippen LogP contribution in [-0.2, 0) is 32.0 Å². The number of hydrogen-bond acceptors (Lipinski definition) is 6. The van der Waals surface area contributed by atoms with Crippen molar-refractivity contribution < 1.29 is 47.4 Å². The molecule has 0 rings (SSSR count). The number of carboxylic acid groups (broad SMARTS) is 2. The van der Waals surface area contributed by atoms with Crippen molar-refractivity contribution in [3.63, 3.8) is 0 Å². The Labute approximate surface area is 70.7 Å². The number of hydrogen-bond donors (Lipinski definition) is 1. The van der Waals surface area contributed by atoms with E-state index in [9.17, 15) is 19.8 Å². The van der Waals surface area contributed by atoms with Gasteiger partial charge in [0.25, 0.3) is 0 Å². The Balaban J connectivity index is 0. The van der Waals surface area contributed by atoms with E-state index in [4.69, 9.17) is 5.21 Å². The van der Waals surface area contributed by atoms with E-state index in [0.29, 0.717) is 0 Å². The third-order valence-electron chi connectivity index (χ3n) is 0.487. The standard InChI is InChI=1S/C3H3NO5.Ag/c5-2(6)1(4-9)3(7)8;/h9H,(H,5,6)(H,7,8);/q;+2/p-2. The van der Waals surface area contributed by atoms with Gasteiger partial charge >= 0.3 is 22.4 Å². The molecule has 0 aromatic rings. The molecule has 0 amide bonds. The number of carbonyl (C=O) groups is 2. The molecule has 0 atom stereocenters. The van der Waals surface area contributed by atoms with Gasteiger partial charge in [-0.25, -0.2) is 0 Å². The molecule has 0 aliphatic carbocycles. The summed E-state index contributed by atoms with van der Waals surface area (Å²) in [5.41, 5.74) is -1.52. The summed E-state index contributed by atoms with van der Waals surface area (Å²) in [6.45, 7) is 0. The van der Waals surface area contributed by atoms with Gasteiger partial charge in [0.1, 0.15) is 5.71 Å². The normalized spacial score (nSPS) is 7.20. The predicted octanol–water partition coefficient (Wildman–Crippen LogP) is -3.69. The van der Waals surface area contributed by atoms with Gasteiger partial charge in [-0.05, 0) is 0 Å². The van der Waals surface area contributed by atoms with Crippen molar-refractivity contribution in [2.24, 2.45) is 5.16 Å². The van der Waals surface area contributed by atoms with Crippen molar-refractivity contribution in [3.8, 4) is 0 Å². The molecule has 10 heavy (non-hydrogen) atoms. The van der Waals surface area contributed by atoms with Gasteiger partial charge in [-0.2, -0.15) is 0 Å². The van der Waals surface area contributed by atoms with Crippen LogP contribution in [0.5, 0.6) is 0 Å². The smallest absolute Gasteiger partial charge is 0.543 e. The van der Waals surface area contributed by atoms with Crippen molar-refractivity contribution >= 4 is 17.7 Å². The van der Waals surface area contributed by atoms with Gasteiger partial charge in [-0.1, -0.05) is 5.16 Å². The molecule has 0 unspecified atom stereocenters. The maximum Gasteiger partial charge on any atom is 2.00 e. The second-order valence-corrected chi connectivity index (χ2v) is 1.02. The molecular weight excluding hydrogens is 238 g/mol. The Bertz CT molecular complexity index is 160. The van der Waals surface area contributed by atoms with E-state index in [1.165, 1.54) is 0 Å². The monoisotopic (exact) mass is 238 g/mol. The molecule has 1 radical (unpaired) electrons. The van der Waals surface area contributed by atoms with E-state index in [-0.39, 0.29) is 22.4 Å². The molecule has 0 spiro atoms. The third-order valence-corrected chi connectivity index (χ3v) is 0.487. The average molecular weight is 239 g/mol. The summed E-state index contributed by atoms with van der Waals surface area (Å²) in [7, 11) is 0. The van der Waals surface area contributed by atoms with E-state index in [1.54, 1.807) is 0 Å². The topological polar surface area (TPSA) is 113 Å². The minimum Gasteiger partial charge on any atom is -0.543 e. The summed E-state index contributed by atoms with van der Waals surface area (Å²) in [5.74, 6) is -4.17. The summed E-state index contributed by atoms with van der Waals surface area (Å²) < 4.78 is 0. The van der Waals surface area contributed by atoms with Gasteiger partial charge in [0, 0.05) is 0 Å². The molecule has 0 bridgehead atoms. The Hall–Kier alpha value is -0.850. The molecule has 0 fully saturated rings. The third kappa shape index (κ3) is 3.23. The molecule has 0 aliphatic heterocycles. The fraction of sp³-hybridized carbons (Fsp3) is 0. The van der Waals surface area contributed by atoms with Gasteiger partial charge in [0.2, 0.25) is 0 Å². The van der Waals surface area contributed by atoms with Crippen LogP contribution in [0.3, 0.4) is 0 Å². The van der Waals surface area contributed by atoms with Crippen LogP contribution in [-0.4, -0.2) is 22.9 Å². The Morgan fingerprint density at radius 2 is 1.50 bits per heavy atom. The van der Waals surface area contributed by atoms with Crippen LogP contribution in [0.25, 0.3) is 0 Å². The van der Waals surface area contributed by atoms with Crippen molar-refractivity contribution in [1.29, 1.82) is 0 Å². The van der Waals surface area contributed by atoms with Crippen LogP contribution < -0.4 is 10.2 Å². The largest absolute Gasteiger partial charge is 2.00 e. The Morgan fingerprint density at radius 3 is 1.50 bits per heavy atom. The molecule has 7 heteroatoms. The van der Waals surface area contributed by atoms with E-state index in [1.807, 2.05) is 5.16 Å². The molecule has 59 valence electrons. The van der Waals surface area contributed by atoms with Crippen molar-refractivity contribution in [2.75, 3.05) is 0 Å². The first-order valence-electron chi connectivity index (χ1n) is 1.74. The maximum absolute atomic E-state index is 9.55. The Kier molecular flexibility index (Phi) is 5.92. The minimum atomic E-state index is -2.09. The Morgan fingerprint density at radius 1 is 1.20 bits per heavy atom. The molecule has 0 aromatic carbocycles. The van der Waals surface area contributed by atoms with Gasteiger partial charge in [0.15, 0.2) is 0 Å². The SMILES string of the molecule is O=C([O-])C(=NO)C(=O)[O-].[Ag+2]. The fourth-order valence-corrected chi connectivity index (χ4v) is 0.165. The van der Waals surface area contributed by atoms with Crippen molar-refractivity contribution in [1.82, 2.24) is 0 Å². The average Bonchev–Trinajstić information content (AvgIpc) is 1.64. The van der Waals surface area contributed by atoms with E-state index in [2.05, 4.69) is 0 Å². The molecule has 0 aliphatic rings. The van der Waals surface area contributed by atoms with Crippen LogP contribution in [0.4, 0.5) is 0 Å². The van der Waals surface area contributed by atoms with Gasteiger partial charge in [-0.3, -0.25) is 0 Å². The number of carbonyl (C=O) groups excluding carboxylic acids is 2. The number of oxime groups is 1. The first kappa shape index (κ1) is 11.9. The van der Waals surface area contributed by atoms with Crippen LogP contribution >= 0.6 is 0 Å². The first-order valence-corrected chi connectivity index (χ1v) is 1.74. The molecule has 6 nitrogen and oxygen atoms in total. The summed E-state index contributed by atoms with van der Waals surface area (Å²) >= 11 is 0. The minimum absolute atomic E-state index is 0. The van der Waals surface area contributed by atoms with Gasteiger partial charge in [-0.15, -0.1) is 0 Å². The number of nitrogens with zero attached hydrogens (tertiary/aromatic N) is 1. The summed E-state index contributed by atoms with van der Waals surface area (Å²) in [5, 5.41) is 28.6. The fourth-order valence-electron chi connectivity index (χ4n) is 0.165. The summed E-state index contributed by atoms with van der Waals surface area (Å²) in [4.78, 5) is 19.1. The molecule has 0 saturated carbocycles. The molecule has 0 heterocycles. The second-order valence-electron chi connectivity index (χ2n) is 1.02. The number of aliphatic carboxylic acids is 2. The molecule has 0 aromatic heterocycles. The quantitative estimate of drug-likeness (QED) is 0.175.